The van der Waals surface area contributed by atoms with Crippen molar-refractivity contribution in [2.24, 2.45) is 10.7 Å². The standard InChI is InChI=1S/C6H10N4/c1-2-8-5(7)6-9-3-4-10-6/h3-4H,2H2,1H3,(H2,7,8)(H,9,10). The average molecular weight is 138 g/mol. The molecule has 0 saturated carbocycles. The second kappa shape index (κ2) is 3.00. The molecule has 0 aliphatic carbocycles. The first-order valence-corrected chi connectivity index (χ1v) is 3.14. The molecular formula is C6H10N4. The van der Waals surface area contributed by atoms with E-state index in [1.165, 1.54) is 0 Å². The zero-order chi connectivity index (χ0) is 7.40. The first kappa shape index (κ1) is 6.80. The van der Waals surface area contributed by atoms with Crippen molar-refractivity contribution in [1.82, 2.24) is 9.97 Å². The van der Waals surface area contributed by atoms with Crippen LogP contribution in [0.5, 0.6) is 0 Å². The van der Waals surface area contributed by atoms with Gasteiger partial charge in [0.05, 0.1) is 0 Å². The lowest BCUT2D eigenvalue weighted by molar-refractivity contribution is 1.10. The van der Waals surface area contributed by atoms with Gasteiger partial charge < -0.3 is 10.7 Å². The van der Waals surface area contributed by atoms with Gasteiger partial charge in [-0.15, -0.1) is 0 Å². The molecular weight excluding hydrogens is 128 g/mol. The Morgan fingerprint density at radius 3 is 3.20 bits per heavy atom. The maximum Gasteiger partial charge on any atom is 0.172 e. The normalized spacial score (nSPS) is 11.9. The van der Waals surface area contributed by atoms with Crippen molar-refractivity contribution in [3.8, 4) is 0 Å². The average Bonchev–Trinajstić information content (AvgIpc) is 2.38. The molecule has 1 aromatic heterocycles. The topological polar surface area (TPSA) is 67.1 Å². The third-order valence-corrected chi connectivity index (χ3v) is 1.07. The van der Waals surface area contributed by atoms with Crippen molar-refractivity contribution in [3.05, 3.63) is 18.2 Å². The molecule has 0 aliphatic rings. The molecule has 0 aliphatic heterocycles. The lowest BCUT2D eigenvalue weighted by Gasteiger charge is -1.91. The Kier molecular flexibility index (Phi) is 2.04. The van der Waals surface area contributed by atoms with Crippen LogP contribution >= 0.6 is 0 Å². The fourth-order valence-electron chi connectivity index (χ4n) is 0.651. The lowest BCUT2D eigenvalue weighted by Crippen LogP contribution is -2.15. The summed E-state index contributed by atoms with van der Waals surface area (Å²) in [7, 11) is 0. The van der Waals surface area contributed by atoms with Gasteiger partial charge in [-0.25, -0.2) is 4.98 Å². The Hall–Kier alpha value is -1.32. The van der Waals surface area contributed by atoms with Gasteiger partial charge in [0.2, 0.25) is 0 Å². The Balaban J connectivity index is 2.77. The number of amidine groups is 1. The van der Waals surface area contributed by atoms with Crippen molar-refractivity contribution < 1.29 is 0 Å². The molecule has 1 heterocycles. The first-order chi connectivity index (χ1) is 4.84. The monoisotopic (exact) mass is 138 g/mol. The van der Waals surface area contributed by atoms with Gasteiger partial charge in [0.15, 0.2) is 11.7 Å². The summed E-state index contributed by atoms with van der Waals surface area (Å²) in [5.74, 6) is 1.11. The van der Waals surface area contributed by atoms with Gasteiger partial charge in [0.1, 0.15) is 0 Å². The fraction of sp³-hybridized carbons (Fsp3) is 0.333. The molecule has 0 bridgehead atoms. The molecule has 0 saturated heterocycles. The van der Waals surface area contributed by atoms with Crippen LogP contribution in [0.25, 0.3) is 0 Å². The Bertz CT molecular complexity index is 212. The highest BCUT2D eigenvalue weighted by Gasteiger charge is 1.96. The number of imidazole rings is 1. The molecule has 0 aromatic carbocycles. The quantitative estimate of drug-likeness (QED) is 0.450. The van der Waals surface area contributed by atoms with E-state index in [4.69, 9.17) is 5.73 Å². The van der Waals surface area contributed by atoms with Gasteiger partial charge in [-0.1, -0.05) is 0 Å². The van der Waals surface area contributed by atoms with Crippen LogP contribution in [0, 0.1) is 0 Å². The summed E-state index contributed by atoms with van der Waals surface area (Å²) in [4.78, 5) is 10.7. The predicted molar refractivity (Wildman–Crippen MR) is 39.9 cm³/mol. The lowest BCUT2D eigenvalue weighted by atomic mass is 10.5. The Morgan fingerprint density at radius 2 is 2.70 bits per heavy atom. The van der Waals surface area contributed by atoms with E-state index in [9.17, 15) is 0 Å². The van der Waals surface area contributed by atoms with Crippen LogP contribution in [-0.2, 0) is 0 Å². The van der Waals surface area contributed by atoms with E-state index < -0.39 is 0 Å². The Morgan fingerprint density at radius 1 is 1.90 bits per heavy atom. The number of H-pyrrole nitrogens is 1. The van der Waals surface area contributed by atoms with Gasteiger partial charge in [0, 0.05) is 18.9 Å². The SMILES string of the molecule is CCN=C(N)c1ncc[nH]1. The summed E-state index contributed by atoms with van der Waals surface area (Å²) in [6.45, 7) is 2.61. The van der Waals surface area contributed by atoms with E-state index in [2.05, 4.69) is 15.0 Å². The van der Waals surface area contributed by atoms with Crippen LogP contribution in [-0.4, -0.2) is 22.3 Å². The molecule has 0 amide bonds. The van der Waals surface area contributed by atoms with Gasteiger partial charge in [0.25, 0.3) is 0 Å². The largest absolute Gasteiger partial charge is 0.381 e. The molecule has 3 N–H and O–H groups in total. The van der Waals surface area contributed by atoms with Crippen LogP contribution in [0.2, 0.25) is 0 Å². The van der Waals surface area contributed by atoms with Gasteiger partial charge >= 0.3 is 0 Å². The summed E-state index contributed by atoms with van der Waals surface area (Å²) in [5.41, 5.74) is 5.51. The predicted octanol–water partition coefficient (Wildman–Crippen LogP) is 0.135. The molecule has 54 valence electrons. The maximum atomic E-state index is 5.51. The Labute approximate surface area is 59.2 Å². The minimum absolute atomic E-state index is 0.465. The smallest absolute Gasteiger partial charge is 0.172 e. The summed E-state index contributed by atoms with van der Waals surface area (Å²) in [6.07, 6.45) is 3.36. The third kappa shape index (κ3) is 1.34. The van der Waals surface area contributed by atoms with Gasteiger partial charge in [-0.05, 0) is 6.92 Å². The van der Waals surface area contributed by atoms with Crippen molar-refractivity contribution >= 4 is 5.84 Å². The van der Waals surface area contributed by atoms with E-state index in [0.717, 1.165) is 0 Å². The van der Waals surface area contributed by atoms with Crippen molar-refractivity contribution in [3.63, 3.8) is 0 Å². The van der Waals surface area contributed by atoms with Gasteiger partial charge in [-0.3, -0.25) is 4.99 Å². The van der Waals surface area contributed by atoms with Crippen molar-refractivity contribution in [2.45, 2.75) is 6.92 Å². The second-order valence-electron chi connectivity index (χ2n) is 1.80. The highest BCUT2D eigenvalue weighted by molar-refractivity contribution is 5.93. The summed E-state index contributed by atoms with van der Waals surface area (Å²) >= 11 is 0. The van der Waals surface area contributed by atoms with E-state index >= 15 is 0 Å². The van der Waals surface area contributed by atoms with Crippen molar-refractivity contribution in [2.75, 3.05) is 6.54 Å². The van der Waals surface area contributed by atoms with Crippen LogP contribution in [0.15, 0.2) is 17.4 Å². The molecule has 1 rings (SSSR count). The van der Waals surface area contributed by atoms with Crippen LogP contribution in [0.4, 0.5) is 0 Å². The number of hydrogen-bond acceptors (Lipinski definition) is 2. The van der Waals surface area contributed by atoms with Crippen molar-refractivity contribution in [1.29, 1.82) is 0 Å². The molecule has 1 aromatic rings. The minimum atomic E-state index is 0.465. The summed E-state index contributed by atoms with van der Waals surface area (Å²) in [6, 6.07) is 0. The van der Waals surface area contributed by atoms with E-state index in [1.807, 2.05) is 6.92 Å². The van der Waals surface area contributed by atoms with Crippen LogP contribution in [0.1, 0.15) is 12.7 Å². The molecule has 10 heavy (non-hydrogen) atoms. The summed E-state index contributed by atoms with van der Waals surface area (Å²) < 4.78 is 0. The number of aliphatic imine (C=N–C) groups is 1. The first-order valence-electron chi connectivity index (χ1n) is 3.14. The van der Waals surface area contributed by atoms with Crippen LogP contribution < -0.4 is 5.73 Å². The number of rotatable bonds is 2. The molecule has 0 spiro atoms. The zero-order valence-electron chi connectivity index (χ0n) is 5.83. The zero-order valence-corrected chi connectivity index (χ0v) is 5.83. The fourth-order valence-corrected chi connectivity index (χ4v) is 0.651. The third-order valence-electron chi connectivity index (χ3n) is 1.07. The van der Waals surface area contributed by atoms with Crippen LogP contribution in [0.3, 0.4) is 0 Å². The number of nitrogens with zero attached hydrogens (tertiary/aromatic N) is 2. The molecule has 0 fully saturated rings. The number of nitrogens with one attached hydrogen (secondary N) is 1. The molecule has 4 nitrogen and oxygen atoms in total. The number of aromatic nitrogens is 2. The van der Waals surface area contributed by atoms with E-state index in [1.54, 1.807) is 12.4 Å². The number of hydrogen-bond donors (Lipinski definition) is 2. The van der Waals surface area contributed by atoms with E-state index in [-0.39, 0.29) is 0 Å². The molecule has 0 unspecified atom stereocenters. The number of nitrogens with two attached hydrogens (primary N) is 1. The van der Waals surface area contributed by atoms with Gasteiger partial charge in [-0.2, -0.15) is 0 Å². The molecule has 4 heteroatoms. The highest BCUT2D eigenvalue weighted by atomic mass is 15.0. The van der Waals surface area contributed by atoms with E-state index in [0.29, 0.717) is 18.2 Å². The minimum Gasteiger partial charge on any atom is -0.381 e. The summed E-state index contributed by atoms with van der Waals surface area (Å²) in [5, 5.41) is 0. The highest BCUT2D eigenvalue weighted by Crippen LogP contribution is 1.86. The number of aromatic amines is 1. The maximum absolute atomic E-state index is 5.51. The molecule has 0 radical (unpaired) electrons. The molecule has 0 atom stereocenters. The second-order valence-corrected chi connectivity index (χ2v) is 1.80.